The van der Waals surface area contributed by atoms with E-state index in [1.165, 1.54) is 4.90 Å². The molecule has 1 saturated heterocycles. The first kappa shape index (κ1) is 15.2. The van der Waals surface area contributed by atoms with Crippen LogP contribution in [0.4, 0.5) is 4.79 Å². The quantitative estimate of drug-likeness (QED) is 0.506. The monoisotopic (exact) mass is 273 g/mol. The summed E-state index contributed by atoms with van der Waals surface area (Å²) in [6.45, 7) is 2.85. The number of nitrogens with two attached hydrogens (primary N) is 1. The molecule has 1 aliphatic rings. The minimum atomic E-state index is -0.843. The summed E-state index contributed by atoms with van der Waals surface area (Å²) in [5, 5.41) is 11.4. The maximum atomic E-state index is 11.6. The summed E-state index contributed by atoms with van der Waals surface area (Å²) in [5.41, 5.74) is 4.87. The molecule has 108 valence electrons. The lowest BCUT2D eigenvalue weighted by molar-refractivity contribution is -0.144. The molecule has 3 amide bonds. The lowest BCUT2D eigenvalue weighted by Crippen LogP contribution is -2.56. The Morgan fingerprint density at radius 2 is 2.11 bits per heavy atom. The zero-order valence-electron chi connectivity index (χ0n) is 10.8. The number of rotatable bonds is 7. The van der Waals surface area contributed by atoms with Gasteiger partial charge in [-0.05, 0) is 0 Å². The summed E-state index contributed by atoms with van der Waals surface area (Å²) in [6.07, 6.45) is 0. The minimum Gasteiger partial charge on any atom is -0.481 e. The van der Waals surface area contributed by atoms with E-state index in [1.807, 2.05) is 0 Å². The maximum absolute atomic E-state index is 11.6. The van der Waals surface area contributed by atoms with Gasteiger partial charge in [-0.1, -0.05) is 6.92 Å². The predicted molar refractivity (Wildman–Crippen MR) is 65.3 cm³/mol. The van der Waals surface area contributed by atoms with Crippen molar-refractivity contribution < 1.29 is 24.2 Å². The number of primary amides is 1. The molecule has 0 aliphatic carbocycles. The summed E-state index contributed by atoms with van der Waals surface area (Å²) in [6, 6.07) is -0.253. The molecule has 1 atom stereocenters. The first-order valence-corrected chi connectivity index (χ1v) is 6.03. The Labute approximate surface area is 110 Å². The topological polar surface area (TPSA) is 122 Å². The number of carbonyl (C=O) groups is 3. The summed E-state index contributed by atoms with van der Waals surface area (Å²) in [7, 11) is 0. The van der Waals surface area contributed by atoms with Crippen LogP contribution in [0.3, 0.4) is 0 Å². The fourth-order valence-electron chi connectivity index (χ4n) is 1.71. The number of aliphatic carboxylic acids is 1. The molecular formula is C11H19N3O5. The van der Waals surface area contributed by atoms with Gasteiger partial charge in [-0.25, -0.2) is 4.79 Å². The average Bonchev–Trinajstić information content (AvgIpc) is 2.25. The lowest BCUT2D eigenvalue weighted by atomic mass is 9.87. The standard InChI is InChI=1S/C11H19N3O5/c1-7(10(16)17)8-4-14(5-8)11(18)13-2-3-19-6-9(12)15/h7-8H,2-6H2,1H3,(H2,12,15)(H,13,18)(H,16,17). The molecule has 0 saturated carbocycles. The first-order valence-electron chi connectivity index (χ1n) is 6.03. The molecule has 1 heterocycles. The molecule has 8 nitrogen and oxygen atoms in total. The molecular weight excluding hydrogens is 254 g/mol. The Morgan fingerprint density at radius 1 is 1.47 bits per heavy atom. The Hall–Kier alpha value is -1.83. The number of hydrogen-bond donors (Lipinski definition) is 3. The molecule has 1 aliphatic heterocycles. The number of urea groups is 1. The smallest absolute Gasteiger partial charge is 0.317 e. The fraction of sp³-hybridized carbons (Fsp3) is 0.727. The second kappa shape index (κ2) is 6.93. The Morgan fingerprint density at radius 3 is 2.63 bits per heavy atom. The van der Waals surface area contributed by atoms with Crippen LogP contribution in [0.25, 0.3) is 0 Å². The van der Waals surface area contributed by atoms with Gasteiger partial charge in [-0.15, -0.1) is 0 Å². The van der Waals surface area contributed by atoms with Crippen molar-refractivity contribution in [2.24, 2.45) is 17.6 Å². The maximum Gasteiger partial charge on any atom is 0.317 e. The SMILES string of the molecule is CC(C(=O)O)C1CN(C(=O)NCCOCC(N)=O)C1. The average molecular weight is 273 g/mol. The van der Waals surface area contributed by atoms with Gasteiger partial charge >= 0.3 is 12.0 Å². The fourth-order valence-corrected chi connectivity index (χ4v) is 1.71. The third kappa shape index (κ3) is 4.74. The van der Waals surface area contributed by atoms with E-state index in [2.05, 4.69) is 5.32 Å². The van der Waals surface area contributed by atoms with Gasteiger partial charge in [-0.3, -0.25) is 9.59 Å². The van der Waals surface area contributed by atoms with Crippen molar-refractivity contribution in [2.45, 2.75) is 6.92 Å². The first-order chi connectivity index (χ1) is 8.91. The number of carboxylic acids is 1. The van der Waals surface area contributed by atoms with Crippen molar-refractivity contribution in [1.29, 1.82) is 0 Å². The number of carbonyl (C=O) groups excluding carboxylic acids is 2. The number of amides is 3. The van der Waals surface area contributed by atoms with Gasteiger partial charge < -0.3 is 25.8 Å². The molecule has 0 spiro atoms. The highest BCUT2D eigenvalue weighted by Gasteiger charge is 2.36. The minimum absolute atomic E-state index is 0.00867. The molecule has 1 unspecified atom stereocenters. The normalized spacial score (nSPS) is 16.6. The molecule has 8 heteroatoms. The van der Waals surface area contributed by atoms with Crippen molar-refractivity contribution in [3.8, 4) is 0 Å². The molecule has 0 radical (unpaired) electrons. The van der Waals surface area contributed by atoms with E-state index < -0.39 is 17.8 Å². The van der Waals surface area contributed by atoms with Crippen LogP contribution in [0.1, 0.15) is 6.92 Å². The summed E-state index contributed by atoms with van der Waals surface area (Å²) in [4.78, 5) is 34.2. The van der Waals surface area contributed by atoms with Crippen molar-refractivity contribution in [3.63, 3.8) is 0 Å². The number of ether oxygens (including phenoxy) is 1. The van der Waals surface area contributed by atoms with Crippen LogP contribution in [-0.2, 0) is 14.3 Å². The zero-order chi connectivity index (χ0) is 14.4. The third-order valence-corrected chi connectivity index (χ3v) is 3.06. The molecule has 1 fully saturated rings. The number of likely N-dealkylation sites (tertiary alicyclic amines) is 1. The van der Waals surface area contributed by atoms with Gasteiger partial charge in [-0.2, -0.15) is 0 Å². The van der Waals surface area contributed by atoms with Crippen LogP contribution in [0.2, 0.25) is 0 Å². The highest BCUT2D eigenvalue weighted by atomic mass is 16.5. The molecule has 0 aromatic carbocycles. The second-order valence-corrected chi connectivity index (χ2v) is 4.54. The number of hydrogen-bond acceptors (Lipinski definition) is 4. The summed E-state index contributed by atoms with van der Waals surface area (Å²) < 4.78 is 4.88. The third-order valence-electron chi connectivity index (χ3n) is 3.06. The van der Waals surface area contributed by atoms with Gasteiger partial charge in [0, 0.05) is 25.6 Å². The van der Waals surface area contributed by atoms with Gasteiger partial charge in [0.05, 0.1) is 12.5 Å². The van der Waals surface area contributed by atoms with E-state index in [-0.39, 0.29) is 31.7 Å². The van der Waals surface area contributed by atoms with Gasteiger partial charge in [0.15, 0.2) is 0 Å². The van der Waals surface area contributed by atoms with E-state index in [9.17, 15) is 14.4 Å². The van der Waals surface area contributed by atoms with Gasteiger partial charge in [0.25, 0.3) is 0 Å². The van der Waals surface area contributed by atoms with Crippen LogP contribution in [0.5, 0.6) is 0 Å². The predicted octanol–water partition coefficient (Wildman–Crippen LogP) is -1.15. The molecule has 0 bridgehead atoms. The van der Waals surface area contributed by atoms with Crippen molar-refractivity contribution in [1.82, 2.24) is 10.2 Å². The van der Waals surface area contributed by atoms with E-state index in [0.29, 0.717) is 13.1 Å². The van der Waals surface area contributed by atoms with E-state index >= 15 is 0 Å². The van der Waals surface area contributed by atoms with E-state index in [1.54, 1.807) is 6.92 Å². The van der Waals surface area contributed by atoms with E-state index in [0.717, 1.165) is 0 Å². The Balaban J connectivity index is 2.10. The zero-order valence-corrected chi connectivity index (χ0v) is 10.8. The van der Waals surface area contributed by atoms with E-state index in [4.69, 9.17) is 15.6 Å². The molecule has 19 heavy (non-hydrogen) atoms. The molecule has 0 aromatic heterocycles. The van der Waals surface area contributed by atoms with Crippen LogP contribution in [0.15, 0.2) is 0 Å². The highest BCUT2D eigenvalue weighted by Crippen LogP contribution is 2.23. The van der Waals surface area contributed by atoms with Gasteiger partial charge in [0.2, 0.25) is 5.91 Å². The van der Waals surface area contributed by atoms with Crippen LogP contribution >= 0.6 is 0 Å². The molecule has 0 aromatic rings. The van der Waals surface area contributed by atoms with Crippen molar-refractivity contribution in [2.75, 3.05) is 32.8 Å². The highest BCUT2D eigenvalue weighted by molar-refractivity contribution is 5.76. The lowest BCUT2D eigenvalue weighted by Gasteiger charge is -2.41. The second-order valence-electron chi connectivity index (χ2n) is 4.54. The van der Waals surface area contributed by atoms with Crippen molar-refractivity contribution in [3.05, 3.63) is 0 Å². The number of carboxylic acid groups (broad SMARTS) is 1. The van der Waals surface area contributed by atoms with Crippen molar-refractivity contribution >= 4 is 17.9 Å². The number of nitrogens with one attached hydrogen (secondary N) is 1. The van der Waals surface area contributed by atoms with Crippen LogP contribution in [0, 0.1) is 11.8 Å². The molecule has 4 N–H and O–H groups in total. The number of nitrogens with zero attached hydrogens (tertiary/aromatic N) is 1. The van der Waals surface area contributed by atoms with Crippen LogP contribution < -0.4 is 11.1 Å². The Bertz CT molecular complexity index is 354. The largest absolute Gasteiger partial charge is 0.481 e. The van der Waals surface area contributed by atoms with Crippen LogP contribution in [-0.4, -0.2) is 60.8 Å². The molecule has 1 rings (SSSR count). The van der Waals surface area contributed by atoms with Gasteiger partial charge in [0.1, 0.15) is 6.61 Å². The summed E-state index contributed by atoms with van der Waals surface area (Å²) in [5.74, 6) is -1.83. The Kier molecular flexibility index (Phi) is 5.56. The summed E-state index contributed by atoms with van der Waals surface area (Å²) >= 11 is 0.